The Morgan fingerprint density at radius 2 is 2.26 bits per heavy atom. The molecule has 0 aliphatic rings. The predicted octanol–water partition coefficient (Wildman–Crippen LogP) is 1.72. The Hall–Kier alpha value is -2.74. The van der Waals surface area contributed by atoms with Crippen molar-refractivity contribution in [3.05, 3.63) is 53.2 Å². The van der Waals surface area contributed by atoms with Gasteiger partial charge in [-0.25, -0.2) is 14.5 Å². The number of amides is 1. The number of carbonyl (C=O) groups is 1. The van der Waals surface area contributed by atoms with E-state index in [0.717, 1.165) is 21.3 Å². The zero-order valence-corrected chi connectivity index (χ0v) is 13.2. The average molecular weight is 326 g/mol. The van der Waals surface area contributed by atoms with Crippen LogP contribution in [0.2, 0.25) is 0 Å². The standard InChI is InChI=1S/C15H14N6OS/c1-10-19-21-9-12(18-15(21)23-10)4-5-17-14(22)11-2-3-13-16-6-7-20(13)8-11/h2-3,6-9H,4-5H2,1H3,(H,17,22). The van der Waals surface area contributed by atoms with E-state index in [1.807, 2.05) is 29.8 Å². The number of aromatic nitrogens is 5. The number of nitrogens with one attached hydrogen (secondary N) is 1. The molecule has 1 N–H and O–H groups in total. The molecule has 0 aliphatic heterocycles. The van der Waals surface area contributed by atoms with Crippen molar-refractivity contribution in [2.75, 3.05) is 6.54 Å². The van der Waals surface area contributed by atoms with Gasteiger partial charge in [-0.2, -0.15) is 5.10 Å². The van der Waals surface area contributed by atoms with Gasteiger partial charge >= 0.3 is 0 Å². The minimum Gasteiger partial charge on any atom is -0.352 e. The highest BCUT2D eigenvalue weighted by Crippen LogP contribution is 2.13. The van der Waals surface area contributed by atoms with Crippen molar-refractivity contribution in [1.29, 1.82) is 0 Å². The summed E-state index contributed by atoms with van der Waals surface area (Å²) >= 11 is 1.56. The number of fused-ring (bicyclic) bond motifs is 2. The summed E-state index contributed by atoms with van der Waals surface area (Å²) in [6.07, 6.45) is 7.88. The molecule has 0 saturated heterocycles. The average Bonchev–Trinajstić information content (AvgIpc) is 3.20. The maximum absolute atomic E-state index is 12.2. The normalized spacial score (nSPS) is 11.3. The van der Waals surface area contributed by atoms with Crippen LogP contribution in [0.4, 0.5) is 0 Å². The van der Waals surface area contributed by atoms with Gasteiger partial charge in [-0.1, -0.05) is 11.3 Å². The van der Waals surface area contributed by atoms with Gasteiger partial charge in [-0.3, -0.25) is 4.79 Å². The lowest BCUT2D eigenvalue weighted by Gasteiger charge is -2.04. The Balaban J connectivity index is 1.39. The van der Waals surface area contributed by atoms with Crippen molar-refractivity contribution in [2.45, 2.75) is 13.3 Å². The Morgan fingerprint density at radius 1 is 1.35 bits per heavy atom. The zero-order valence-electron chi connectivity index (χ0n) is 12.4. The van der Waals surface area contributed by atoms with Crippen LogP contribution in [0, 0.1) is 6.92 Å². The van der Waals surface area contributed by atoms with Gasteiger partial charge in [0.1, 0.15) is 10.7 Å². The molecule has 0 aromatic carbocycles. The van der Waals surface area contributed by atoms with E-state index in [-0.39, 0.29) is 5.91 Å². The molecule has 4 rings (SSSR count). The number of hydrogen-bond acceptors (Lipinski definition) is 5. The van der Waals surface area contributed by atoms with E-state index in [1.165, 1.54) is 0 Å². The summed E-state index contributed by atoms with van der Waals surface area (Å²) < 4.78 is 3.61. The molecular formula is C15H14N6OS. The first-order valence-corrected chi connectivity index (χ1v) is 8.03. The number of aryl methyl sites for hydroxylation is 1. The first kappa shape index (κ1) is 13.9. The van der Waals surface area contributed by atoms with Crippen molar-refractivity contribution in [1.82, 2.24) is 29.3 Å². The highest BCUT2D eigenvalue weighted by atomic mass is 32.1. The number of pyridine rings is 1. The van der Waals surface area contributed by atoms with E-state index >= 15 is 0 Å². The Labute approximate surface area is 135 Å². The number of nitrogens with zero attached hydrogens (tertiary/aromatic N) is 5. The fourth-order valence-corrected chi connectivity index (χ4v) is 3.17. The maximum atomic E-state index is 12.2. The first-order valence-electron chi connectivity index (χ1n) is 7.22. The van der Waals surface area contributed by atoms with E-state index in [2.05, 4.69) is 20.4 Å². The van der Waals surface area contributed by atoms with Crippen LogP contribution in [0.3, 0.4) is 0 Å². The van der Waals surface area contributed by atoms with Gasteiger partial charge in [-0.15, -0.1) is 0 Å². The Bertz CT molecular complexity index is 966. The van der Waals surface area contributed by atoms with E-state index in [1.54, 1.807) is 34.3 Å². The van der Waals surface area contributed by atoms with Crippen LogP contribution < -0.4 is 5.32 Å². The summed E-state index contributed by atoms with van der Waals surface area (Å²) in [5.41, 5.74) is 2.36. The second-order valence-corrected chi connectivity index (χ2v) is 6.36. The molecule has 0 unspecified atom stereocenters. The van der Waals surface area contributed by atoms with Crippen molar-refractivity contribution < 1.29 is 4.79 Å². The number of hydrogen-bond donors (Lipinski definition) is 1. The largest absolute Gasteiger partial charge is 0.352 e. The van der Waals surface area contributed by atoms with Crippen LogP contribution in [0.1, 0.15) is 21.1 Å². The van der Waals surface area contributed by atoms with Crippen LogP contribution >= 0.6 is 11.3 Å². The lowest BCUT2D eigenvalue weighted by Crippen LogP contribution is -2.26. The van der Waals surface area contributed by atoms with Gasteiger partial charge in [0, 0.05) is 31.6 Å². The summed E-state index contributed by atoms with van der Waals surface area (Å²) in [7, 11) is 0. The third-order valence-electron chi connectivity index (χ3n) is 3.51. The molecule has 4 aromatic heterocycles. The van der Waals surface area contributed by atoms with Crippen LogP contribution in [0.25, 0.3) is 10.6 Å². The zero-order chi connectivity index (χ0) is 15.8. The highest BCUT2D eigenvalue weighted by molar-refractivity contribution is 7.16. The molecule has 116 valence electrons. The molecular weight excluding hydrogens is 312 g/mol. The van der Waals surface area contributed by atoms with Gasteiger partial charge in [0.25, 0.3) is 5.91 Å². The van der Waals surface area contributed by atoms with E-state index in [0.29, 0.717) is 18.5 Å². The topological polar surface area (TPSA) is 76.6 Å². The smallest absolute Gasteiger partial charge is 0.252 e. The molecule has 0 saturated carbocycles. The van der Waals surface area contributed by atoms with E-state index < -0.39 is 0 Å². The van der Waals surface area contributed by atoms with Gasteiger partial charge in [0.05, 0.1) is 17.5 Å². The molecule has 8 heteroatoms. The van der Waals surface area contributed by atoms with Crippen LogP contribution in [0.5, 0.6) is 0 Å². The van der Waals surface area contributed by atoms with Gasteiger partial charge in [0.2, 0.25) is 4.96 Å². The summed E-state index contributed by atoms with van der Waals surface area (Å²) in [4.78, 5) is 21.7. The molecule has 1 amide bonds. The van der Waals surface area contributed by atoms with Crippen molar-refractivity contribution in [2.24, 2.45) is 0 Å². The summed E-state index contributed by atoms with van der Waals surface area (Å²) in [6.45, 7) is 2.49. The van der Waals surface area contributed by atoms with Crippen molar-refractivity contribution in [3.63, 3.8) is 0 Å². The monoisotopic (exact) mass is 326 g/mol. The molecule has 23 heavy (non-hydrogen) atoms. The summed E-state index contributed by atoms with van der Waals surface area (Å²) in [5.74, 6) is -0.101. The summed E-state index contributed by atoms with van der Waals surface area (Å²) in [6, 6.07) is 3.60. The van der Waals surface area contributed by atoms with Gasteiger partial charge in [-0.05, 0) is 19.1 Å². The molecule has 0 fully saturated rings. The van der Waals surface area contributed by atoms with Crippen molar-refractivity contribution >= 4 is 27.9 Å². The SMILES string of the molecule is Cc1nn2cc(CCNC(=O)c3ccc4nccn4c3)nc2s1. The second-order valence-electron chi connectivity index (χ2n) is 5.20. The van der Waals surface area contributed by atoms with Crippen LogP contribution in [-0.4, -0.2) is 36.4 Å². The molecule has 4 aromatic rings. The Morgan fingerprint density at radius 3 is 3.13 bits per heavy atom. The van der Waals surface area contributed by atoms with Crippen molar-refractivity contribution in [3.8, 4) is 0 Å². The fourth-order valence-electron chi connectivity index (χ4n) is 2.43. The molecule has 0 aliphatic carbocycles. The number of imidazole rings is 2. The van der Waals surface area contributed by atoms with E-state index in [9.17, 15) is 4.79 Å². The Kier molecular flexibility index (Phi) is 3.30. The molecule has 7 nitrogen and oxygen atoms in total. The first-order chi connectivity index (χ1) is 11.2. The molecule has 0 spiro atoms. The fraction of sp³-hybridized carbons (Fsp3) is 0.200. The maximum Gasteiger partial charge on any atom is 0.252 e. The lowest BCUT2D eigenvalue weighted by molar-refractivity contribution is 0.0953. The molecule has 0 atom stereocenters. The molecule has 4 heterocycles. The second kappa shape index (κ2) is 5.47. The molecule has 0 radical (unpaired) electrons. The predicted molar refractivity (Wildman–Crippen MR) is 86.8 cm³/mol. The summed E-state index contributed by atoms with van der Waals surface area (Å²) in [5, 5.41) is 8.23. The minimum atomic E-state index is -0.101. The van der Waals surface area contributed by atoms with Gasteiger partial charge < -0.3 is 9.72 Å². The third kappa shape index (κ3) is 2.68. The highest BCUT2D eigenvalue weighted by Gasteiger charge is 2.08. The van der Waals surface area contributed by atoms with Crippen LogP contribution in [0.15, 0.2) is 36.9 Å². The van der Waals surface area contributed by atoms with Crippen LogP contribution in [-0.2, 0) is 6.42 Å². The van der Waals surface area contributed by atoms with E-state index in [4.69, 9.17) is 0 Å². The lowest BCUT2D eigenvalue weighted by atomic mass is 10.2. The minimum absolute atomic E-state index is 0.101. The van der Waals surface area contributed by atoms with Gasteiger partial charge in [0.15, 0.2) is 0 Å². The third-order valence-corrected chi connectivity index (χ3v) is 4.35. The number of rotatable bonds is 4. The number of carbonyl (C=O) groups excluding carboxylic acids is 1. The quantitative estimate of drug-likeness (QED) is 0.619. The molecule has 0 bridgehead atoms.